The molecule has 0 aromatic rings. The molecular weight excluding hydrogens is 128 g/mol. The van der Waals surface area contributed by atoms with Crippen molar-refractivity contribution in [1.29, 1.82) is 0 Å². The smallest absolute Gasteiger partial charge is 0.0831 e. The van der Waals surface area contributed by atoms with E-state index in [2.05, 4.69) is 0 Å². The zero-order valence-corrected chi connectivity index (χ0v) is 6.66. The molecule has 0 aromatic carbocycles. The van der Waals surface area contributed by atoms with Crippen molar-refractivity contribution in [3.63, 3.8) is 0 Å². The number of methoxy groups -OCH3 is 1. The summed E-state index contributed by atoms with van der Waals surface area (Å²) in [5, 5.41) is 9.39. The lowest BCUT2D eigenvalue weighted by Gasteiger charge is -2.28. The van der Waals surface area contributed by atoms with Crippen LogP contribution in [0.3, 0.4) is 0 Å². The Labute approximate surface area is 61.5 Å². The Bertz CT molecular complexity index is 149. The van der Waals surface area contributed by atoms with Gasteiger partial charge in [-0.25, -0.2) is 0 Å². The molecular formula is C8H14O2. The first-order chi connectivity index (χ1) is 4.59. The van der Waals surface area contributed by atoms with Crippen LogP contribution in [0.25, 0.3) is 0 Å². The summed E-state index contributed by atoms with van der Waals surface area (Å²) in [5.74, 6) is 0. The van der Waals surface area contributed by atoms with Crippen molar-refractivity contribution in [3.8, 4) is 0 Å². The van der Waals surface area contributed by atoms with Gasteiger partial charge in [-0.05, 0) is 0 Å². The third-order valence-corrected chi connectivity index (χ3v) is 2.22. The molecule has 10 heavy (non-hydrogen) atoms. The summed E-state index contributed by atoms with van der Waals surface area (Å²) in [5.41, 5.74) is -0.158. The first kappa shape index (κ1) is 7.76. The minimum absolute atomic E-state index is 0.0579. The maximum Gasteiger partial charge on any atom is 0.0831 e. The van der Waals surface area contributed by atoms with Crippen molar-refractivity contribution in [2.45, 2.75) is 26.1 Å². The van der Waals surface area contributed by atoms with Crippen molar-refractivity contribution >= 4 is 0 Å². The average Bonchev–Trinajstić information content (AvgIpc) is 2.10. The fourth-order valence-electron chi connectivity index (χ4n) is 1.25. The van der Waals surface area contributed by atoms with Gasteiger partial charge in [0.1, 0.15) is 0 Å². The number of hydrogen-bond donors (Lipinski definition) is 1. The van der Waals surface area contributed by atoms with Crippen LogP contribution in [0.2, 0.25) is 0 Å². The quantitative estimate of drug-likeness (QED) is 0.552. The van der Waals surface area contributed by atoms with Gasteiger partial charge in [-0.2, -0.15) is 0 Å². The first-order valence-corrected chi connectivity index (χ1v) is 3.48. The van der Waals surface area contributed by atoms with Crippen LogP contribution < -0.4 is 0 Å². The van der Waals surface area contributed by atoms with E-state index in [4.69, 9.17) is 4.74 Å². The molecule has 2 heteroatoms. The molecule has 1 aliphatic carbocycles. The Balaban J connectivity index is 2.72. The zero-order chi connectivity index (χ0) is 7.78. The van der Waals surface area contributed by atoms with Gasteiger partial charge in [-0.3, -0.25) is 0 Å². The summed E-state index contributed by atoms with van der Waals surface area (Å²) < 4.78 is 5.15. The standard InChI is InChI=1S/C8H14O2/c1-8(2)6(9)4-5-7(8)10-3/h4-7,9H,1-3H3. The second-order valence-corrected chi connectivity index (χ2v) is 3.31. The Kier molecular flexibility index (Phi) is 1.84. The molecule has 0 spiro atoms. The molecule has 0 saturated carbocycles. The molecule has 1 rings (SSSR count). The van der Waals surface area contributed by atoms with Gasteiger partial charge in [0, 0.05) is 12.5 Å². The first-order valence-electron chi connectivity index (χ1n) is 3.48. The van der Waals surface area contributed by atoms with Crippen LogP contribution in [0.15, 0.2) is 12.2 Å². The predicted octanol–water partition coefficient (Wildman–Crippen LogP) is 0.958. The molecule has 0 aliphatic heterocycles. The van der Waals surface area contributed by atoms with Gasteiger partial charge < -0.3 is 9.84 Å². The summed E-state index contributed by atoms with van der Waals surface area (Å²) in [6, 6.07) is 0. The van der Waals surface area contributed by atoms with E-state index in [0.29, 0.717) is 0 Å². The Morgan fingerprint density at radius 3 is 2.20 bits per heavy atom. The molecule has 1 aliphatic rings. The fraction of sp³-hybridized carbons (Fsp3) is 0.750. The summed E-state index contributed by atoms with van der Waals surface area (Å²) >= 11 is 0. The van der Waals surface area contributed by atoms with Crippen molar-refractivity contribution < 1.29 is 9.84 Å². The second-order valence-electron chi connectivity index (χ2n) is 3.31. The summed E-state index contributed by atoms with van der Waals surface area (Å²) in [4.78, 5) is 0. The van der Waals surface area contributed by atoms with Gasteiger partial charge in [0.05, 0.1) is 12.2 Å². The number of aliphatic hydroxyl groups excluding tert-OH is 1. The summed E-state index contributed by atoms with van der Waals surface area (Å²) in [6.45, 7) is 3.98. The Morgan fingerprint density at radius 2 is 2.00 bits per heavy atom. The normalized spacial score (nSPS) is 36.8. The van der Waals surface area contributed by atoms with Gasteiger partial charge in [0.2, 0.25) is 0 Å². The number of rotatable bonds is 1. The molecule has 2 unspecified atom stereocenters. The van der Waals surface area contributed by atoms with Gasteiger partial charge >= 0.3 is 0 Å². The van der Waals surface area contributed by atoms with Gasteiger partial charge in [0.25, 0.3) is 0 Å². The van der Waals surface area contributed by atoms with E-state index >= 15 is 0 Å². The molecule has 0 aromatic heterocycles. The molecule has 0 amide bonds. The van der Waals surface area contributed by atoms with Crippen LogP contribution in [0.5, 0.6) is 0 Å². The maximum absolute atomic E-state index is 9.39. The molecule has 58 valence electrons. The van der Waals surface area contributed by atoms with Crippen LogP contribution in [0.4, 0.5) is 0 Å². The number of hydrogen-bond acceptors (Lipinski definition) is 2. The summed E-state index contributed by atoms with van der Waals surface area (Å²) in [7, 11) is 1.66. The van der Waals surface area contributed by atoms with Crippen LogP contribution in [0.1, 0.15) is 13.8 Å². The van der Waals surface area contributed by atoms with Gasteiger partial charge in [-0.1, -0.05) is 26.0 Å². The second kappa shape index (κ2) is 2.36. The average molecular weight is 142 g/mol. The molecule has 1 N–H and O–H groups in total. The minimum Gasteiger partial charge on any atom is -0.388 e. The third-order valence-electron chi connectivity index (χ3n) is 2.22. The van der Waals surface area contributed by atoms with Crippen molar-refractivity contribution in [3.05, 3.63) is 12.2 Å². The highest BCUT2D eigenvalue weighted by Crippen LogP contribution is 2.34. The van der Waals surface area contributed by atoms with Crippen molar-refractivity contribution in [2.24, 2.45) is 5.41 Å². The number of ether oxygens (including phenoxy) is 1. The summed E-state index contributed by atoms with van der Waals surface area (Å²) in [6.07, 6.45) is 3.39. The van der Waals surface area contributed by atoms with E-state index in [0.717, 1.165) is 0 Å². The van der Waals surface area contributed by atoms with Gasteiger partial charge in [-0.15, -0.1) is 0 Å². The highest BCUT2D eigenvalue weighted by Gasteiger charge is 2.38. The monoisotopic (exact) mass is 142 g/mol. The number of aliphatic hydroxyl groups is 1. The third kappa shape index (κ3) is 0.976. The highest BCUT2D eigenvalue weighted by molar-refractivity contribution is 5.13. The Morgan fingerprint density at radius 1 is 1.40 bits per heavy atom. The SMILES string of the molecule is COC1C=CC(O)C1(C)C. The lowest BCUT2D eigenvalue weighted by atomic mass is 9.86. The zero-order valence-electron chi connectivity index (χ0n) is 6.66. The van der Waals surface area contributed by atoms with E-state index in [-0.39, 0.29) is 17.6 Å². The molecule has 0 saturated heterocycles. The maximum atomic E-state index is 9.39. The molecule has 2 nitrogen and oxygen atoms in total. The van der Waals surface area contributed by atoms with Crippen LogP contribution in [-0.2, 0) is 4.74 Å². The van der Waals surface area contributed by atoms with E-state index in [1.54, 1.807) is 13.2 Å². The minimum atomic E-state index is -0.363. The molecule has 0 fully saturated rings. The van der Waals surface area contributed by atoms with Crippen LogP contribution in [0, 0.1) is 5.41 Å². The highest BCUT2D eigenvalue weighted by atomic mass is 16.5. The van der Waals surface area contributed by atoms with E-state index < -0.39 is 0 Å². The predicted molar refractivity (Wildman–Crippen MR) is 39.7 cm³/mol. The largest absolute Gasteiger partial charge is 0.388 e. The van der Waals surface area contributed by atoms with Crippen molar-refractivity contribution in [1.82, 2.24) is 0 Å². The van der Waals surface area contributed by atoms with E-state index in [1.165, 1.54) is 0 Å². The van der Waals surface area contributed by atoms with Gasteiger partial charge in [0.15, 0.2) is 0 Å². The topological polar surface area (TPSA) is 29.5 Å². The molecule has 0 heterocycles. The van der Waals surface area contributed by atoms with Crippen molar-refractivity contribution in [2.75, 3.05) is 7.11 Å². The Hall–Kier alpha value is -0.340. The van der Waals surface area contributed by atoms with Crippen LogP contribution in [-0.4, -0.2) is 24.4 Å². The van der Waals surface area contributed by atoms with Crippen LogP contribution >= 0.6 is 0 Å². The fourth-order valence-corrected chi connectivity index (χ4v) is 1.25. The lowest BCUT2D eigenvalue weighted by Crippen LogP contribution is -2.34. The molecule has 0 radical (unpaired) electrons. The van der Waals surface area contributed by atoms with E-state index in [1.807, 2.05) is 19.9 Å². The molecule has 0 bridgehead atoms. The molecule has 2 atom stereocenters. The van der Waals surface area contributed by atoms with E-state index in [9.17, 15) is 5.11 Å². The lowest BCUT2D eigenvalue weighted by molar-refractivity contribution is -0.00836.